The average Bonchev–Trinajstić information content (AvgIpc) is 3.27. The van der Waals surface area contributed by atoms with Crippen LogP contribution in [0.4, 0.5) is 5.69 Å². The van der Waals surface area contributed by atoms with E-state index in [1.54, 1.807) is 13.0 Å². The summed E-state index contributed by atoms with van der Waals surface area (Å²) in [6, 6.07) is 5.89. The van der Waals surface area contributed by atoms with Gasteiger partial charge >= 0.3 is 17.9 Å². The van der Waals surface area contributed by atoms with Gasteiger partial charge in [-0.25, -0.2) is 4.90 Å². The molecule has 0 saturated carbocycles. The van der Waals surface area contributed by atoms with Crippen LogP contribution in [0.1, 0.15) is 27.7 Å². The van der Waals surface area contributed by atoms with E-state index in [0.29, 0.717) is 0 Å². The molecular weight excluding hydrogens is 422 g/mol. The summed E-state index contributed by atoms with van der Waals surface area (Å²) in [6.45, 7) is 5.17. The molecule has 0 N–H and O–H groups in total. The first kappa shape index (κ1) is 21.7. The van der Waals surface area contributed by atoms with Gasteiger partial charge in [0.05, 0.1) is 23.1 Å². The molecule has 10 heteroatoms. The number of carbonyl (C=O) groups excluding carboxylic acids is 5. The van der Waals surface area contributed by atoms with Gasteiger partial charge in [-0.2, -0.15) is 0 Å². The number of fused-ring (bicyclic) bond motifs is 5. The quantitative estimate of drug-likeness (QED) is 0.217. The highest BCUT2D eigenvalue weighted by Crippen LogP contribution is 2.59. The molecule has 3 heterocycles. The van der Waals surface area contributed by atoms with Crippen LogP contribution >= 0.6 is 0 Å². The average molecular weight is 443 g/mol. The Hall–Kier alpha value is -3.53. The Kier molecular flexibility index (Phi) is 4.93. The van der Waals surface area contributed by atoms with Crippen LogP contribution in [-0.4, -0.2) is 47.2 Å². The molecule has 0 aliphatic carbocycles. The summed E-state index contributed by atoms with van der Waals surface area (Å²) >= 11 is 0. The van der Waals surface area contributed by atoms with Gasteiger partial charge in [0.15, 0.2) is 5.60 Å². The van der Waals surface area contributed by atoms with E-state index in [4.69, 9.17) is 18.9 Å². The fraction of sp³-hybridized carbons (Fsp3) is 0.409. The number of hydrogen-bond donors (Lipinski definition) is 0. The third-order valence-electron chi connectivity index (χ3n) is 5.75. The number of carbonyl (C=O) groups is 5. The van der Waals surface area contributed by atoms with E-state index in [9.17, 15) is 24.0 Å². The van der Waals surface area contributed by atoms with Crippen LogP contribution < -0.4 is 9.64 Å². The van der Waals surface area contributed by atoms with E-state index < -0.39 is 59.1 Å². The van der Waals surface area contributed by atoms with Crippen LogP contribution in [0.2, 0.25) is 0 Å². The zero-order valence-corrected chi connectivity index (χ0v) is 17.8. The van der Waals surface area contributed by atoms with E-state index in [2.05, 4.69) is 0 Å². The molecule has 0 radical (unpaired) electrons. The zero-order chi connectivity index (χ0) is 23.4. The first-order valence-electron chi connectivity index (χ1n) is 9.90. The highest BCUT2D eigenvalue weighted by atomic mass is 16.7. The highest BCUT2D eigenvalue weighted by Gasteiger charge is 2.75. The van der Waals surface area contributed by atoms with Crippen molar-refractivity contribution in [3.8, 4) is 5.75 Å². The van der Waals surface area contributed by atoms with Crippen molar-refractivity contribution in [2.24, 2.45) is 11.8 Å². The maximum absolute atomic E-state index is 13.5. The van der Waals surface area contributed by atoms with Gasteiger partial charge in [-0.15, -0.1) is 0 Å². The van der Waals surface area contributed by atoms with Gasteiger partial charge in [-0.3, -0.25) is 24.0 Å². The minimum Gasteiger partial charge on any atom is -0.427 e. The smallest absolute Gasteiger partial charge is 0.308 e. The molecule has 0 spiro atoms. The van der Waals surface area contributed by atoms with Crippen LogP contribution in [0.15, 0.2) is 36.4 Å². The molecule has 168 valence electrons. The third-order valence-corrected chi connectivity index (χ3v) is 5.75. The van der Waals surface area contributed by atoms with E-state index in [0.717, 1.165) is 18.7 Å². The van der Waals surface area contributed by atoms with E-state index in [1.165, 1.54) is 37.3 Å². The molecule has 1 aromatic rings. The van der Waals surface area contributed by atoms with Gasteiger partial charge in [-0.1, -0.05) is 6.08 Å². The number of anilines is 1. The van der Waals surface area contributed by atoms with Crippen LogP contribution in [0, 0.1) is 11.8 Å². The molecule has 10 nitrogen and oxygen atoms in total. The Morgan fingerprint density at radius 3 is 2.00 bits per heavy atom. The first-order valence-corrected chi connectivity index (χ1v) is 9.90. The van der Waals surface area contributed by atoms with Gasteiger partial charge in [0.2, 0.25) is 11.8 Å². The van der Waals surface area contributed by atoms with Crippen molar-refractivity contribution >= 4 is 35.4 Å². The van der Waals surface area contributed by atoms with Crippen molar-refractivity contribution in [1.29, 1.82) is 0 Å². The molecule has 0 aromatic heterocycles. The molecule has 2 fully saturated rings. The number of imide groups is 1. The van der Waals surface area contributed by atoms with Crippen LogP contribution in [0.25, 0.3) is 0 Å². The second-order valence-corrected chi connectivity index (χ2v) is 8.08. The van der Waals surface area contributed by atoms with Crippen LogP contribution in [0.5, 0.6) is 5.75 Å². The number of rotatable bonds is 5. The number of esters is 3. The molecule has 3 aliphatic rings. The normalized spacial score (nSPS) is 30.0. The monoisotopic (exact) mass is 443 g/mol. The Morgan fingerprint density at radius 1 is 0.906 bits per heavy atom. The second kappa shape index (κ2) is 7.27. The predicted octanol–water partition coefficient (Wildman–Crippen LogP) is 1.27. The van der Waals surface area contributed by atoms with E-state index >= 15 is 0 Å². The molecule has 4 atom stereocenters. The van der Waals surface area contributed by atoms with Gasteiger partial charge in [0.25, 0.3) is 6.29 Å². The van der Waals surface area contributed by atoms with Crippen molar-refractivity contribution in [2.45, 2.75) is 45.2 Å². The van der Waals surface area contributed by atoms with Crippen molar-refractivity contribution < 1.29 is 42.9 Å². The van der Waals surface area contributed by atoms with Crippen molar-refractivity contribution in [3.63, 3.8) is 0 Å². The second-order valence-electron chi connectivity index (χ2n) is 8.08. The minimum atomic E-state index is -1.64. The molecule has 32 heavy (non-hydrogen) atoms. The van der Waals surface area contributed by atoms with Crippen molar-refractivity contribution in [2.75, 3.05) is 4.90 Å². The number of benzene rings is 1. The first-order chi connectivity index (χ1) is 15.0. The minimum absolute atomic E-state index is 0.263. The Morgan fingerprint density at radius 2 is 1.47 bits per heavy atom. The summed E-state index contributed by atoms with van der Waals surface area (Å²) < 4.78 is 21.5. The van der Waals surface area contributed by atoms with Gasteiger partial charge in [0.1, 0.15) is 5.75 Å². The standard InChI is InChI=1S/C22H21NO9/c1-11(24)29-15-7-5-14(6-8-15)23-18(27)16-17(19(23)28)22(10-9-21(16,4)32-22)20(30-12(2)25)31-13(3)26/h5-10,16-17,20H,1-4H3/t16-,17-,21-,22-/m0/s1. The molecule has 4 rings (SSSR count). The Balaban J connectivity index is 1.72. The summed E-state index contributed by atoms with van der Waals surface area (Å²) in [7, 11) is 0. The number of nitrogens with zero attached hydrogens (tertiary/aromatic N) is 1. The highest BCUT2D eigenvalue weighted by molar-refractivity contribution is 6.23. The molecule has 3 aliphatic heterocycles. The molecule has 2 bridgehead atoms. The summed E-state index contributed by atoms with van der Waals surface area (Å²) in [5, 5.41) is 0. The lowest BCUT2D eigenvalue weighted by molar-refractivity contribution is -0.231. The zero-order valence-electron chi connectivity index (χ0n) is 17.8. The lowest BCUT2D eigenvalue weighted by Gasteiger charge is -2.34. The molecule has 0 unspecified atom stereocenters. The van der Waals surface area contributed by atoms with Gasteiger partial charge in [-0.05, 0) is 37.3 Å². The number of hydrogen-bond acceptors (Lipinski definition) is 9. The number of amides is 2. The summed E-state index contributed by atoms with van der Waals surface area (Å²) in [4.78, 5) is 62.4. The van der Waals surface area contributed by atoms with E-state index in [-0.39, 0.29) is 11.4 Å². The van der Waals surface area contributed by atoms with Crippen LogP contribution in [0.3, 0.4) is 0 Å². The third kappa shape index (κ3) is 3.18. The SMILES string of the molecule is CC(=O)Oc1ccc(N2C(=O)[C@@H]3[C@@H](C2=O)[C@]2(C(OC(C)=O)OC(C)=O)C=C[C@]3(C)O2)cc1. The van der Waals surface area contributed by atoms with Gasteiger partial charge < -0.3 is 18.9 Å². The fourth-order valence-corrected chi connectivity index (χ4v) is 4.65. The summed E-state index contributed by atoms with van der Waals surface area (Å²) in [6.07, 6.45) is 1.59. The molecule has 2 amide bonds. The maximum atomic E-state index is 13.5. The Labute approximate surface area is 183 Å². The van der Waals surface area contributed by atoms with Crippen LogP contribution in [-0.2, 0) is 38.2 Å². The molecule has 1 aromatic carbocycles. The van der Waals surface area contributed by atoms with Gasteiger partial charge in [0, 0.05) is 20.8 Å². The predicted molar refractivity (Wildman–Crippen MR) is 106 cm³/mol. The molecular formula is C22H21NO9. The Bertz CT molecular complexity index is 1050. The largest absolute Gasteiger partial charge is 0.427 e. The van der Waals surface area contributed by atoms with E-state index in [1.807, 2.05) is 0 Å². The summed E-state index contributed by atoms with van der Waals surface area (Å²) in [5.74, 6) is -4.81. The maximum Gasteiger partial charge on any atom is 0.308 e. The lowest BCUT2D eigenvalue weighted by atomic mass is 9.72. The molecule has 2 saturated heterocycles. The fourth-order valence-electron chi connectivity index (χ4n) is 4.65. The van der Waals surface area contributed by atoms with Crippen molar-refractivity contribution in [1.82, 2.24) is 0 Å². The number of ether oxygens (including phenoxy) is 4. The van der Waals surface area contributed by atoms with Crippen molar-refractivity contribution in [3.05, 3.63) is 36.4 Å². The topological polar surface area (TPSA) is 126 Å². The lowest BCUT2D eigenvalue weighted by Crippen LogP contribution is -2.52. The summed E-state index contributed by atoms with van der Waals surface area (Å²) in [5.41, 5.74) is -2.53.